The highest BCUT2D eigenvalue weighted by molar-refractivity contribution is 5.75. The molecule has 0 bridgehead atoms. The minimum absolute atomic E-state index is 0.308. The normalized spacial score (nSPS) is 11.8. The molecule has 16 heavy (non-hydrogen) atoms. The van der Waals surface area contributed by atoms with Crippen LogP contribution in [0.2, 0.25) is 0 Å². The Balaban J connectivity index is 2.50. The number of hydrogen-bond acceptors (Lipinski definition) is 4. The third kappa shape index (κ3) is 3.09. The monoisotopic (exact) mass is 221 g/mol. The fraction of sp³-hybridized carbons (Fsp3) is 0.545. The molecule has 0 aliphatic carbocycles. The Morgan fingerprint density at radius 3 is 3.00 bits per heavy atom. The van der Waals surface area contributed by atoms with E-state index in [0.717, 1.165) is 5.69 Å². The molecule has 1 aromatic rings. The summed E-state index contributed by atoms with van der Waals surface area (Å²) in [7, 11) is 1.83. The molecule has 0 amide bonds. The number of carbonyl (C=O) groups is 1. The van der Waals surface area contributed by atoms with Gasteiger partial charge < -0.3 is 4.74 Å². The lowest BCUT2D eigenvalue weighted by atomic mass is 10.0. The van der Waals surface area contributed by atoms with Crippen LogP contribution < -0.4 is 0 Å². The van der Waals surface area contributed by atoms with Crippen molar-refractivity contribution in [3.8, 4) is 6.07 Å². The highest BCUT2D eigenvalue weighted by Gasteiger charge is 2.19. The average molecular weight is 221 g/mol. The van der Waals surface area contributed by atoms with E-state index in [4.69, 9.17) is 10.00 Å². The van der Waals surface area contributed by atoms with Crippen molar-refractivity contribution in [1.29, 1.82) is 5.26 Å². The Bertz CT molecular complexity index is 392. The van der Waals surface area contributed by atoms with Gasteiger partial charge in [-0.1, -0.05) is 0 Å². The summed E-state index contributed by atoms with van der Waals surface area (Å²) in [6.45, 7) is 2.04. The molecular formula is C11H15N3O2. The number of rotatable bonds is 5. The van der Waals surface area contributed by atoms with Gasteiger partial charge in [-0.25, -0.2) is 0 Å². The standard InChI is InChI=1S/C11H15N3O2/c1-3-16-11(15)9(8-12)4-5-10-6-7-13-14(10)2/h6-7,9H,3-5H2,1-2H3. The van der Waals surface area contributed by atoms with Crippen LogP contribution in [0.1, 0.15) is 19.0 Å². The molecule has 1 heterocycles. The summed E-state index contributed by atoms with van der Waals surface area (Å²) in [4.78, 5) is 11.4. The van der Waals surface area contributed by atoms with Crippen molar-refractivity contribution in [3.63, 3.8) is 0 Å². The maximum absolute atomic E-state index is 11.4. The molecule has 5 nitrogen and oxygen atoms in total. The van der Waals surface area contributed by atoms with Crippen molar-refractivity contribution in [2.75, 3.05) is 6.61 Å². The molecule has 0 spiro atoms. The van der Waals surface area contributed by atoms with Gasteiger partial charge in [0.1, 0.15) is 5.92 Å². The van der Waals surface area contributed by atoms with E-state index in [1.165, 1.54) is 0 Å². The van der Waals surface area contributed by atoms with Crippen LogP contribution in [0, 0.1) is 17.2 Å². The van der Waals surface area contributed by atoms with Gasteiger partial charge in [0.05, 0.1) is 12.7 Å². The number of esters is 1. The van der Waals surface area contributed by atoms with Crippen LogP contribution in [0.15, 0.2) is 12.3 Å². The first-order valence-corrected chi connectivity index (χ1v) is 5.22. The van der Waals surface area contributed by atoms with E-state index in [9.17, 15) is 4.79 Å². The van der Waals surface area contributed by atoms with Crippen molar-refractivity contribution in [2.45, 2.75) is 19.8 Å². The molecular weight excluding hydrogens is 206 g/mol. The predicted molar refractivity (Wildman–Crippen MR) is 57.3 cm³/mol. The number of hydrogen-bond donors (Lipinski definition) is 0. The summed E-state index contributed by atoms with van der Waals surface area (Å²) in [5.41, 5.74) is 1.00. The van der Waals surface area contributed by atoms with Crippen LogP contribution in [0.3, 0.4) is 0 Å². The maximum Gasteiger partial charge on any atom is 0.323 e. The zero-order chi connectivity index (χ0) is 12.0. The van der Waals surface area contributed by atoms with Gasteiger partial charge in [-0.05, 0) is 25.8 Å². The van der Waals surface area contributed by atoms with Crippen molar-refractivity contribution < 1.29 is 9.53 Å². The van der Waals surface area contributed by atoms with Crippen LogP contribution in [0.4, 0.5) is 0 Å². The van der Waals surface area contributed by atoms with E-state index in [-0.39, 0.29) is 0 Å². The van der Waals surface area contributed by atoms with E-state index >= 15 is 0 Å². The van der Waals surface area contributed by atoms with E-state index in [1.807, 2.05) is 19.2 Å². The van der Waals surface area contributed by atoms with Crippen LogP contribution in [0.5, 0.6) is 0 Å². The quantitative estimate of drug-likeness (QED) is 0.697. The topological polar surface area (TPSA) is 67.9 Å². The van der Waals surface area contributed by atoms with Gasteiger partial charge in [-0.15, -0.1) is 0 Å². The van der Waals surface area contributed by atoms with Crippen molar-refractivity contribution in [1.82, 2.24) is 9.78 Å². The highest BCUT2D eigenvalue weighted by Crippen LogP contribution is 2.10. The smallest absolute Gasteiger partial charge is 0.323 e. The van der Waals surface area contributed by atoms with E-state index in [2.05, 4.69) is 5.10 Å². The number of nitriles is 1. The first kappa shape index (κ1) is 12.2. The molecule has 1 unspecified atom stereocenters. The molecule has 0 saturated heterocycles. The van der Waals surface area contributed by atoms with Gasteiger partial charge in [0.25, 0.3) is 0 Å². The van der Waals surface area contributed by atoms with Crippen LogP contribution >= 0.6 is 0 Å². The van der Waals surface area contributed by atoms with Crippen molar-refractivity contribution in [3.05, 3.63) is 18.0 Å². The van der Waals surface area contributed by atoms with Crippen molar-refractivity contribution in [2.24, 2.45) is 13.0 Å². The molecule has 0 aliphatic rings. The van der Waals surface area contributed by atoms with Gasteiger partial charge in [0.15, 0.2) is 0 Å². The van der Waals surface area contributed by atoms with E-state index in [0.29, 0.717) is 19.4 Å². The number of aryl methyl sites for hydroxylation is 2. The number of carbonyl (C=O) groups excluding carboxylic acids is 1. The summed E-state index contributed by atoms with van der Waals surface area (Å²) < 4.78 is 6.55. The third-order valence-electron chi connectivity index (χ3n) is 2.34. The molecule has 5 heteroatoms. The minimum atomic E-state index is -0.685. The fourth-order valence-corrected chi connectivity index (χ4v) is 1.42. The lowest BCUT2D eigenvalue weighted by molar-refractivity contribution is -0.146. The molecule has 0 radical (unpaired) electrons. The lowest BCUT2D eigenvalue weighted by Gasteiger charge is -2.07. The van der Waals surface area contributed by atoms with Crippen LogP contribution in [0.25, 0.3) is 0 Å². The summed E-state index contributed by atoms with van der Waals surface area (Å²) in [5, 5.41) is 12.9. The molecule has 86 valence electrons. The molecule has 0 saturated carbocycles. The average Bonchev–Trinajstić information content (AvgIpc) is 2.66. The second-order valence-corrected chi connectivity index (χ2v) is 3.42. The minimum Gasteiger partial charge on any atom is -0.465 e. The van der Waals surface area contributed by atoms with Gasteiger partial charge >= 0.3 is 5.97 Å². The Morgan fingerprint density at radius 1 is 1.75 bits per heavy atom. The number of ether oxygens (including phenoxy) is 1. The number of nitrogens with zero attached hydrogens (tertiary/aromatic N) is 3. The second kappa shape index (κ2) is 5.91. The first-order valence-electron chi connectivity index (χ1n) is 5.22. The summed E-state index contributed by atoms with van der Waals surface area (Å²) in [6, 6.07) is 3.84. The summed E-state index contributed by atoms with van der Waals surface area (Å²) in [5.74, 6) is -1.12. The van der Waals surface area contributed by atoms with Gasteiger partial charge in [0.2, 0.25) is 0 Å². The molecule has 1 aromatic heterocycles. The maximum atomic E-state index is 11.4. The lowest BCUT2D eigenvalue weighted by Crippen LogP contribution is -2.17. The highest BCUT2D eigenvalue weighted by atomic mass is 16.5. The Labute approximate surface area is 94.6 Å². The predicted octanol–water partition coefficient (Wildman–Crippen LogP) is 1.06. The summed E-state index contributed by atoms with van der Waals surface area (Å²) in [6.07, 6.45) is 2.81. The van der Waals surface area contributed by atoms with Gasteiger partial charge in [0, 0.05) is 18.9 Å². The van der Waals surface area contributed by atoms with E-state index < -0.39 is 11.9 Å². The molecule has 0 fully saturated rings. The SMILES string of the molecule is CCOC(=O)C(C#N)CCc1ccnn1C. The van der Waals surface area contributed by atoms with Crippen molar-refractivity contribution >= 4 is 5.97 Å². The molecule has 0 aliphatic heterocycles. The Morgan fingerprint density at radius 2 is 2.50 bits per heavy atom. The summed E-state index contributed by atoms with van der Waals surface area (Å²) >= 11 is 0. The molecule has 1 rings (SSSR count). The first-order chi connectivity index (χ1) is 7.69. The van der Waals surface area contributed by atoms with Crippen LogP contribution in [-0.4, -0.2) is 22.4 Å². The largest absolute Gasteiger partial charge is 0.465 e. The third-order valence-corrected chi connectivity index (χ3v) is 2.34. The second-order valence-electron chi connectivity index (χ2n) is 3.42. The van der Waals surface area contributed by atoms with Crippen LogP contribution in [-0.2, 0) is 23.0 Å². The number of aromatic nitrogens is 2. The molecule has 0 aromatic carbocycles. The van der Waals surface area contributed by atoms with E-state index in [1.54, 1.807) is 17.8 Å². The molecule has 0 N–H and O–H groups in total. The zero-order valence-electron chi connectivity index (χ0n) is 9.51. The Hall–Kier alpha value is -1.83. The Kier molecular flexibility index (Phi) is 4.52. The fourth-order valence-electron chi connectivity index (χ4n) is 1.42. The van der Waals surface area contributed by atoms with Gasteiger partial charge in [-0.2, -0.15) is 10.4 Å². The zero-order valence-corrected chi connectivity index (χ0v) is 9.51. The molecule has 1 atom stereocenters. The van der Waals surface area contributed by atoms with Gasteiger partial charge in [-0.3, -0.25) is 9.48 Å².